The number of hydrogen-bond donors (Lipinski definition) is 1. The molecule has 8 heteroatoms. The van der Waals surface area contributed by atoms with Crippen LogP contribution < -0.4 is 5.32 Å². The van der Waals surface area contributed by atoms with E-state index in [2.05, 4.69) is 20.3 Å². The summed E-state index contributed by atoms with van der Waals surface area (Å²) in [5.74, 6) is -0.943. The molecule has 2 rings (SSSR count). The maximum absolute atomic E-state index is 12.3. The van der Waals surface area contributed by atoms with Crippen molar-refractivity contribution in [2.75, 3.05) is 12.4 Å². The molecular formula is C13H17N5O3. The van der Waals surface area contributed by atoms with Gasteiger partial charge in [-0.25, -0.2) is 4.79 Å². The molecule has 21 heavy (non-hydrogen) atoms. The number of esters is 1. The van der Waals surface area contributed by atoms with Crippen LogP contribution in [-0.4, -0.2) is 38.5 Å². The fourth-order valence-corrected chi connectivity index (χ4v) is 1.93. The van der Waals surface area contributed by atoms with E-state index in [9.17, 15) is 9.59 Å². The minimum absolute atomic E-state index is 0.0780. The lowest BCUT2D eigenvalue weighted by molar-refractivity contribution is 0.0594. The summed E-state index contributed by atoms with van der Waals surface area (Å²) >= 11 is 0. The molecule has 0 spiro atoms. The molecule has 2 aromatic heterocycles. The Labute approximate surface area is 121 Å². The standard InChI is InChI=1S/C13H17N5O3/c1-5-18-7-10(11(16-18)13(20)21-4)14-12(19)9-6-17(3)15-8(9)2/h6-7H,5H2,1-4H3,(H,14,19). The summed E-state index contributed by atoms with van der Waals surface area (Å²) in [7, 11) is 3.00. The molecule has 0 aliphatic carbocycles. The van der Waals surface area contributed by atoms with Crippen LogP contribution in [0.25, 0.3) is 0 Å². The van der Waals surface area contributed by atoms with Gasteiger partial charge in [0.05, 0.1) is 24.1 Å². The largest absolute Gasteiger partial charge is 0.464 e. The molecule has 0 aliphatic heterocycles. The Morgan fingerprint density at radius 2 is 2.05 bits per heavy atom. The normalized spacial score (nSPS) is 10.5. The third kappa shape index (κ3) is 2.93. The molecule has 0 saturated heterocycles. The molecule has 0 fully saturated rings. The second-order valence-electron chi connectivity index (χ2n) is 4.49. The van der Waals surface area contributed by atoms with Gasteiger partial charge in [0.25, 0.3) is 5.91 Å². The van der Waals surface area contributed by atoms with Crippen LogP contribution in [0.1, 0.15) is 33.5 Å². The summed E-state index contributed by atoms with van der Waals surface area (Å²) < 4.78 is 7.78. The van der Waals surface area contributed by atoms with Gasteiger partial charge >= 0.3 is 5.97 Å². The monoisotopic (exact) mass is 291 g/mol. The summed E-state index contributed by atoms with van der Waals surface area (Å²) in [6.07, 6.45) is 3.21. The van der Waals surface area contributed by atoms with Gasteiger partial charge in [-0.15, -0.1) is 0 Å². The van der Waals surface area contributed by atoms with Crippen LogP contribution in [0.3, 0.4) is 0 Å². The van der Waals surface area contributed by atoms with Crippen LogP contribution >= 0.6 is 0 Å². The van der Waals surface area contributed by atoms with Gasteiger partial charge < -0.3 is 10.1 Å². The van der Waals surface area contributed by atoms with Crippen molar-refractivity contribution in [2.24, 2.45) is 7.05 Å². The molecule has 1 amide bonds. The molecule has 0 bridgehead atoms. The predicted molar refractivity (Wildman–Crippen MR) is 75.1 cm³/mol. The number of amides is 1. The van der Waals surface area contributed by atoms with Gasteiger partial charge in [-0.2, -0.15) is 10.2 Å². The van der Waals surface area contributed by atoms with Gasteiger partial charge in [0.15, 0.2) is 5.69 Å². The maximum Gasteiger partial charge on any atom is 0.360 e. The van der Waals surface area contributed by atoms with Crippen molar-refractivity contribution in [3.05, 3.63) is 29.3 Å². The smallest absolute Gasteiger partial charge is 0.360 e. The zero-order valence-corrected chi connectivity index (χ0v) is 12.4. The molecule has 0 aliphatic rings. The van der Waals surface area contributed by atoms with E-state index in [-0.39, 0.29) is 11.6 Å². The first-order valence-electron chi connectivity index (χ1n) is 6.43. The highest BCUT2D eigenvalue weighted by atomic mass is 16.5. The summed E-state index contributed by atoms with van der Waals surface area (Å²) in [6.45, 7) is 4.20. The molecular weight excluding hydrogens is 274 g/mol. The Morgan fingerprint density at radius 1 is 1.33 bits per heavy atom. The zero-order valence-electron chi connectivity index (χ0n) is 12.4. The highest BCUT2D eigenvalue weighted by Gasteiger charge is 2.21. The Kier molecular flexibility index (Phi) is 4.06. The topological polar surface area (TPSA) is 91.0 Å². The van der Waals surface area contributed by atoms with Crippen LogP contribution in [0.15, 0.2) is 12.4 Å². The molecule has 2 aromatic rings. The molecule has 8 nitrogen and oxygen atoms in total. The second-order valence-corrected chi connectivity index (χ2v) is 4.49. The number of aromatic nitrogens is 4. The summed E-state index contributed by atoms with van der Waals surface area (Å²) in [5, 5.41) is 10.9. The maximum atomic E-state index is 12.3. The average molecular weight is 291 g/mol. The molecule has 0 radical (unpaired) electrons. The van der Waals surface area contributed by atoms with Crippen molar-refractivity contribution in [1.29, 1.82) is 0 Å². The SMILES string of the molecule is CCn1cc(NC(=O)c2cn(C)nc2C)c(C(=O)OC)n1. The second kappa shape index (κ2) is 5.78. The minimum Gasteiger partial charge on any atom is -0.464 e. The molecule has 0 atom stereocenters. The van der Waals surface area contributed by atoms with E-state index < -0.39 is 5.97 Å². The highest BCUT2D eigenvalue weighted by Crippen LogP contribution is 2.17. The number of carbonyl (C=O) groups excluding carboxylic acids is 2. The number of carbonyl (C=O) groups is 2. The van der Waals surface area contributed by atoms with Crippen LogP contribution in [0, 0.1) is 6.92 Å². The van der Waals surface area contributed by atoms with Crippen molar-refractivity contribution in [1.82, 2.24) is 19.6 Å². The van der Waals surface area contributed by atoms with Crippen molar-refractivity contribution >= 4 is 17.6 Å². The van der Waals surface area contributed by atoms with Crippen molar-refractivity contribution in [3.8, 4) is 0 Å². The molecule has 0 saturated carbocycles. The first-order valence-corrected chi connectivity index (χ1v) is 6.43. The van der Waals surface area contributed by atoms with E-state index >= 15 is 0 Å². The quantitative estimate of drug-likeness (QED) is 0.848. The third-order valence-corrected chi connectivity index (χ3v) is 2.97. The van der Waals surface area contributed by atoms with E-state index in [1.165, 1.54) is 7.11 Å². The minimum atomic E-state index is -0.597. The number of rotatable bonds is 4. The van der Waals surface area contributed by atoms with Gasteiger partial charge in [-0.1, -0.05) is 0 Å². The number of methoxy groups -OCH3 is 1. The number of nitrogens with zero attached hydrogens (tertiary/aromatic N) is 4. The van der Waals surface area contributed by atoms with Crippen molar-refractivity contribution < 1.29 is 14.3 Å². The lowest BCUT2D eigenvalue weighted by Crippen LogP contribution is -2.15. The van der Waals surface area contributed by atoms with E-state index in [0.717, 1.165) is 0 Å². The number of anilines is 1. The number of nitrogens with one attached hydrogen (secondary N) is 1. The summed E-state index contributed by atoms with van der Waals surface area (Å²) in [5.41, 5.74) is 1.45. The molecule has 1 N–H and O–H groups in total. The number of hydrogen-bond acceptors (Lipinski definition) is 5. The van der Waals surface area contributed by atoms with Gasteiger partial charge in [-0.3, -0.25) is 14.2 Å². The lowest BCUT2D eigenvalue weighted by atomic mass is 10.2. The van der Waals surface area contributed by atoms with Gasteiger partial charge in [0.1, 0.15) is 0 Å². The Morgan fingerprint density at radius 3 is 2.57 bits per heavy atom. The molecule has 0 aromatic carbocycles. The van der Waals surface area contributed by atoms with Crippen LogP contribution in [0.2, 0.25) is 0 Å². The van der Waals surface area contributed by atoms with E-state index in [1.54, 1.807) is 35.7 Å². The highest BCUT2D eigenvalue weighted by molar-refractivity contribution is 6.07. The summed E-state index contributed by atoms with van der Waals surface area (Å²) in [6, 6.07) is 0. The van der Waals surface area contributed by atoms with E-state index in [4.69, 9.17) is 0 Å². The van der Waals surface area contributed by atoms with E-state index in [0.29, 0.717) is 23.5 Å². The Hall–Kier alpha value is -2.64. The molecule has 2 heterocycles. The average Bonchev–Trinajstić information content (AvgIpc) is 3.01. The molecule has 0 unspecified atom stereocenters. The fourth-order valence-electron chi connectivity index (χ4n) is 1.93. The van der Waals surface area contributed by atoms with Gasteiger partial charge in [0.2, 0.25) is 0 Å². The lowest BCUT2D eigenvalue weighted by Gasteiger charge is -2.03. The summed E-state index contributed by atoms with van der Waals surface area (Å²) in [4.78, 5) is 23.9. The fraction of sp³-hybridized carbons (Fsp3) is 0.385. The first kappa shape index (κ1) is 14.8. The van der Waals surface area contributed by atoms with Crippen molar-refractivity contribution in [3.63, 3.8) is 0 Å². The van der Waals surface area contributed by atoms with Crippen LogP contribution in [0.4, 0.5) is 5.69 Å². The van der Waals surface area contributed by atoms with E-state index in [1.807, 2.05) is 6.92 Å². The van der Waals surface area contributed by atoms with Crippen LogP contribution in [0.5, 0.6) is 0 Å². The number of ether oxygens (including phenoxy) is 1. The predicted octanol–water partition coefficient (Wildman–Crippen LogP) is 0.984. The first-order chi connectivity index (χ1) is 9.96. The van der Waals surface area contributed by atoms with Crippen molar-refractivity contribution in [2.45, 2.75) is 20.4 Å². The number of aryl methyl sites for hydroxylation is 3. The van der Waals surface area contributed by atoms with Gasteiger partial charge in [-0.05, 0) is 13.8 Å². The van der Waals surface area contributed by atoms with Gasteiger partial charge in [0, 0.05) is 26.0 Å². The van der Waals surface area contributed by atoms with Crippen LogP contribution in [-0.2, 0) is 18.3 Å². The Bertz CT molecular complexity index is 686. The molecule has 112 valence electrons. The third-order valence-electron chi connectivity index (χ3n) is 2.97. The Balaban J connectivity index is 2.30. The zero-order chi connectivity index (χ0) is 15.6.